The predicted molar refractivity (Wildman–Crippen MR) is 139 cm³/mol. The zero-order chi connectivity index (χ0) is 24.2. The van der Waals surface area contributed by atoms with Crippen LogP contribution in [-0.2, 0) is 4.79 Å². The lowest BCUT2D eigenvalue weighted by molar-refractivity contribution is -0.124. The van der Waals surface area contributed by atoms with Crippen molar-refractivity contribution in [3.8, 4) is 0 Å². The summed E-state index contributed by atoms with van der Waals surface area (Å²) in [5.41, 5.74) is 1.51. The molecule has 2 aromatic rings. The fraction of sp³-hybridized carbons (Fsp3) is 0.571. The second-order valence-corrected chi connectivity index (χ2v) is 11.4. The first-order valence-electron chi connectivity index (χ1n) is 12.8. The molecule has 184 valence electrons. The molecule has 5 nitrogen and oxygen atoms in total. The molecule has 1 saturated heterocycles. The highest BCUT2D eigenvalue weighted by molar-refractivity contribution is 7.10. The van der Waals surface area contributed by atoms with Gasteiger partial charge < -0.3 is 10.2 Å². The van der Waals surface area contributed by atoms with Crippen LogP contribution < -0.4 is 5.32 Å². The van der Waals surface area contributed by atoms with E-state index in [2.05, 4.69) is 44.0 Å². The predicted octanol–water partition coefficient (Wildman–Crippen LogP) is 5.45. The molecule has 4 atom stereocenters. The van der Waals surface area contributed by atoms with Gasteiger partial charge in [-0.3, -0.25) is 14.5 Å². The summed E-state index contributed by atoms with van der Waals surface area (Å²) in [6.07, 6.45) is 4.77. The second-order valence-electron chi connectivity index (χ2n) is 10.4. The number of rotatable bonds is 8. The van der Waals surface area contributed by atoms with E-state index in [4.69, 9.17) is 0 Å². The van der Waals surface area contributed by atoms with E-state index in [9.17, 15) is 9.59 Å². The van der Waals surface area contributed by atoms with Crippen LogP contribution in [0, 0.1) is 5.92 Å². The molecular formula is C28H39N3O2S. The van der Waals surface area contributed by atoms with Crippen molar-refractivity contribution < 1.29 is 9.59 Å². The van der Waals surface area contributed by atoms with Gasteiger partial charge in [-0.2, -0.15) is 0 Å². The molecule has 1 fully saturated rings. The lowest BCUT2D eigenvalue weighted by Crippen LogP contribution is -2.48. The lowest BCUT2D eigenvalue weighted by Gasteiger charge is -2.42. The summed E-state index contributed by atoms with van der Waals surface area (Å²) < 4.78 is 0. The summed E-state index contributed by atoms with van der Waals surface area (Å²) in [6.45, 7) is 11.2. The number of amides is 2. The number of nitrogens with one attached hydrogen (secondary N) is 1. The Morgan fingerprint density at radius 1 is 1.12 bits per heavy atom. The molecule has 0 spiro atoms. The van der Waals surface area contributed by atoms with Crippen molar-refractivity contribution in [3.05, 3.63) is 57.8 Å². The van der Waals surface area contributed by atoms with E-state index in [0.29, 0.717) is 36.7 Å². The van der Waals surface area contributed by atoms with Crippen LogP contribution in [0.4, 0.5) is 0 Å². The number of nitrogens with zero attached hydrogens (tertiary/aromatic N) is 2. The molecular weight excluding hydrogens is 442 g/mol. The first-order valence-corrected chi connectivity index (χ1v) is 13.7. The number of fused-ring (bicyclic) bond motifs is 1. The third-order valence-electron chi connectivity index (χ3n) is 7.39. The lowest BCUT2D eigenvalue weighted by atomic mass is 9.81. The largest absolute Gasteiger partial charge is 0.355 e. The van der Waals surface area contributed by atoms with Gasteiger partial charge in [-0.25, -0.2) is 0 Å². The van der Waals surface area contributed by atoms with E-state index in [1.165, 1.54) is 19.3 Å². The molecule has 4 rings (SSSR count). The van der Waals surface area contributed by atoms with E-state index in [0.717, 1.165) is 23.4 Å². The van der Waals surface area contributed by atoms with Gasteiger partial charge in [0.1, 0.15) is 0 Å². The molecule has 4 unspecified atom stereocenters. The van der Waals surface area contributed by atoms with Crippen LogP contribution in [0.2, 0.25) is 0 Å². The standard InChI is InChI=1S/C28H39N3O2S/c1-19(2)18-31-26(24-14-8-17-34-24)25(22-12-5-6-13-23(22)28(31)33)27(32)29-15-9-16-30-20(3)10-7-11-21(30)4/h5-6,8,12-14,17,19-21,25-26H,7,9-11,15-16,18H2,1-4H3,(H,29,32). The Bertz CT molecular complexity index is 964. The Kier molecular flexibility index (Phi) is 8.10. The second kappa shape index (κ2) is 11.0. The normalized spacial score (nSPS) is 25.4. The number of benzene rings is 1. The van der Waals surface area contributed by atoms with Crippen LogP contribution in [0.15, 0.2) is 41.8 Å². The Morgan fingerprint density at radius 3 is 2.53 bits per heavy atom. The SMILES string of the molecule is CC(C)CN1C(=O)c2ccccc2C(C(=O)NCCCN2C(C)CCCC2C)C1c1cccs1. The minimum absolute atomic E-state index is 0.0202. The summed E-state index contributed by atoms with van der Waals surface area (Å²) in [4.78, 5) is 32.8. The smallest absolute Gasteiger partial charge is 0.254 e. The Balaban J connectivity index is 1.54. The van der Waals surface area contributed by atoms with Gasteiger partial charge >= 0.3 is 0 Å². The van der Waals surface area contributed by atoms with Gasteiger partial charge in [0.05, 0.1) is 12.0 Å². The Hall–Kier alpha value is -2.18. The molecule has 2 amide bonds. The minimum Gasteiger partial charge on any atom is -0.355 e. The molecule has 0 radical (unpaired) electrons. The molecule has 3 heterocycles. The summed E-state index contributed by atoms with van der Waals surface area (Å²) in [5, 5.41) is 5.28. The molecule has 0 bridgehead atoms. The van der Waals surface area contributed by atoms with Gasteiger partial charge in [0, 0.05) is 42.2 Å². The van der Waals surface area contributed by atoms with E-state index in [-0.39, 0.29) is 17.9 Å². The number of likely N-dealkylation sites (tertiary alicyclic amines) is 1. The van der Waals surface area contributed by atoms with E-state index >= 15 is 0 Å². The van der Waals surface area contributed by atoms with Crippen LogP contribution in [0.25, 0.3) is 0 Å². The number of carbonyl (C=O) groups excluding carboxylic acids is 2. The highest BCUT2D eigenvalue weighted by atomic mass is 32.1. The van der Waals surface area contributed by atoms with Crippen molar-refractivity contribution in [1.82, 2.24) is 15.1 Å². The molecule has 2 aliphatic rings. The monoisotopic (exact) mass is 481 g/mol. The maximum absolute atomic E-state index is 13.7. The first-order chi connectivity index (χ1) is 16.4. The highest BCUT2D eigenvalue weighted by Crippen LogP contribution is 2.44. The number of hydrogen-bond acceptors (Lipinski definition) is 4. The molecule has 1 aromatic heterocycles. The number of hydrogen-bond donors (Lipinski definition) is 1. The third kappa shape index (κ3) is 5.23. The fourth-order valence-electron chi connectivity index (χ4n) is 5.74. The number of piperidine rings is 1. The Labute approximate surface area is 208 Å². The fourth-order valence-corrected chi connectivity index (χ4v) is 6.62. The molecule has 6 heteroatoms. The maximum Gasteiger partial charge on any atom is 0.254 e. The van der Waals surface area contributed by atoms with Gasteiger partial charge in [-0.1, -0.05) is 44.5 Å². The molecule has 2 aliphatic heterocycles. The highest BCUT2D eigenvalue weighted by Gasteiger charge is 2.44. The van der Waals surface area contributed by atoms with Gasteiger partial charge in [-0.05, 0) is 62.1 Å². The Morgan fingerprint density at radius 2 is 1.85 bits per heavy atom. The van der Waals surface area contributed by atoms with Gasteiger partial charge in [-0.15, -0.1) is 11.3 Å². The summed E-state index contributed by atoms with van der Waals surface area (Å²) in [7, 11) is 0. The van der Waals surface area contributed by atoms with E-state index < -0.39 is 5.92 Å². The molecule has 1 N–H and O–H groups in total. The van der Waals surface area contributed by atoms with Crippen LogP contribution in [0.5, 0.6) is 0 Å². The van der Waals surface area contributed by atoms with Crippen molar-refractivity contribution >= 4 is 23.2 Å². The zero-order valence-corrected chi connectivity index (χ0v) is 21.8. The van der Waals surface area contributed by atoms with Crippen LogP contribution >= 0.6 is 11.3 Å². The van der Waals surface area contributed by atoms with Crippen molar-refractivity contribution in [1.29, 1.82) is 0 Å². The summed E-state index contributed by atoms with van der Waals surface area (Å²) in [6, 6.07) is 12.7. The van der Waals surface area contributed by atoms with Crippen molar-refractivity contribution in [2.24, 2.45) is 5.92 Å². The number of carbonyl (C=O) groups is 2. The van der Waals surface area contributed by atoms with E-state index in [1.807, 2.05) is 40.6 Å². The van der Waals surface area contributed by atoms with E-state index in [1.54, 1.807) is 11.3 Å². The zero-order valence-electron chi connectivity index (χ0n) is 21.0. The average Bonchev–Trinajstić information content (AvgIpc) is 3.34. The van der Waals surface area contributed by atoms with Gasteiger partial charge in [0.15, 0.2) is 0 Å². The van der Waals surface area contributed by atoms with Crippen LogP contribution in [0.3, 0.4) is 0 Å². The average molecular weight is 482 g/mol. The van der Waals surface area contributed by atoms with Crippen LogP contribution in [-0.4, -0.2) is 53.3 Å². The molecule has 0 aliphatic carbocycles. The molecule has 34 heavy (non-hydrogen) atoms. The molecule has 1 aromatic carbocycles. The maximum atomic E-state index is 13.7. The van der Waals surface area contributed by atoms with Crippen molar-refractivity contribution in [2.45, 2.75) is 77.4 Å². The topological polar surface area (TPSA) is 52.7 Å². The summed E-state index contributed by atoms with van der Waals surface area (Å²) in [5.74, 6) is -0.0419. The summed E-state index contributed by atoms with van der Waals surface area (Å²) >= 11 is 1.63. The number of thiophene rings is 1. The molecule has 0 saturated carbocycles. The quantitative estimate of drug-likeness (QED) is 0.510. The first kappa shape index (κ1) is 24.9. The van der Waals surface area contributed by atoms with Gasteiger partial charge in [0.25, 0.3) is 5.91 Å². The van der Waals surface area contributed by atoms with Gasteiger partial charge in [0.2, 0.25) is 5.91 Å². The van der Waals surface area contributed by atoms with Crippen molar-refractivity contribution in [2.75, 3.05) is 19.6 Å². The minimum atomic E-state index is -0.404. The van der Waals surface area contributed by atoms with Crippen LogP contribution in [0.1, 0.15) is 86.1 Å². The third-order valence-corrected chi connectivity index (χ3v) is 8.33. The van der Waals surface area contributed by atoms with Crippen molar-refractivity contribution in [3.63, 3.8) is 0 Å².